The highest BCUT2D eigenvalue weighted by Gasteiger charge is 2.05. The molecule has 0 aliphatic heterocycles. The van der Waals surface area contributed by atoms with E-state index in [-0.39, 0.29) is 0 Å². The maximum atomic E-state index is 4.15. The van der Waals surface area contributed by atoms with Gasteiger partial charge in [0.2, 0.25) is 0 Å². The number of pyridine rings is 1. The molecule has 1 N–H and O–H groups in total. The van der Waals surface area contributed by atoms with Gasteiger partial charge in [0.05, 0.1) is 0 Å². The summed E-state index contributed by atoms with van der Waals surface area (Å²) in [6.45, 7) is 5.27. The molecule has 2 rings (SSSR count). The van der Waals surface area contributed by atoms with Crippen molar-refractivity contribution in [1.82, 2.24) is 10.3 Å². The SMILES string of the molecule is CCc1ccccc1CN[C@@H](C)c1cccnc1. The Morgan fingerprint density at radius 1 is 1.11 bits per heavy atom. The van der Waals surface area contributed by atoms with Crippen LogP contribution in [0.3, 0.4) is 0 Å². The van der Waals surface area contributed by atoms with Crippen molar-refractivity contribution in [3.05, 3.63) is 65.5 Å². The van der Waals surface area contributed by atoms with E-state index in [1.165, 1.54) is 16.7 Å². The van der Waals surface area contributed by atoms with Crippen LogP contribution in [0, 0.1) is 0 Å². The summed E-state index contributed by atoms with van der Waals surface area (Å²) in [7, 11) is 0. The Kier molecular flexibility index (Phi) is 4.48. The van der Waals surface area contributed by atoms with Gasteiger partial charge in [0, 0.05) is 25.0 Å². The lowest BCUT2D eigenvalue weighted by Crippen LogP contribution is -2.19. The first-order chi connectivity index (χ1) is 8.81. The monoisotopic (exact) mass is 240 g/mol. The Labute approximate surface area is 109 Å². The molecule has 0 amide bonds. The molecule has 1 atom stereocenters. The van der Waals surface area contributed by atoms with Crippen LogP contribution in [0.5, 0.6) is 0 Å². The zero-order valence-corrected chi connectivity index (χ0v) is 11.1. The largest absolute Gasteiger partial charge is 0.306 e. The second-order valence-corrected chi connectivity index (χ2v) is 4.51. The fraction of sp³-hybridized carbons (Fsp3) is 0.312. The summed E-state index contributed by atoms with van der Waals surface area (Å²) in [5.41, 5.74) is 4.03. The van der Waals surface area contributed by atoms with Crippen LogP contribution in [-0.4, -0.2) is 4.98 Å². The predicted molar refractivity (Wildman–Crippen MR) is 75.3 cm³/mol. The van der Waals surface area contributed by atoms with Crippen LogP contribution < -0.4 is 5.32 Å². The van der Waals surface area contributed by atoms with Gasteiger partial charge in [-0.2, -0.15) is 0 Å². The standard InChI is InChI=1S/C16H20N2/c1-3-14-7-4-5-8-16(14)12-18-13(2)15-9-6-10-17-11-15/h4-11,13,18H,3,12H2,1-2H3/t13-/m0/s1. The van der Waals surface area contributed by atoms with E-state index < -0.39 is 0 Å². The summed E-state index contributed by atoms with van der Waals surface area (Å²) in [5, 5.41) is 3.55. The third kappa shape index (κ3) is 3.17. The van der Waals surface area contributed by atoms with Crippen molar-refractivity contribution < 1.29 is 0 Å². The highest BCUT2D eigenvalue weighted by atomic mass is 14.9. The minimum Gasteiger partial charge on any atom is -0.306 e. The van der Waals surface area contributed by atoms with Gasteiger partial charge >= 0.3 is 0 Å². The molecule has 94 valence electrons. The quantitative estimate of drug-likeness (QED) is 0.865. The summed E-state index contributed by atoms with van der Waals surface area (Å²) in [4.78, 5) is 4.15. The topological polar surface area (TPSA) is 24.9 Å². The van der Waals surface area contributed by atoms with Crippen molar-refractivity contribution in [2.75, 3.05) is 0 Å². The Bertz CT molecular complexity index is 479. The molecule has 0 saturated heterocycles. The zero-order chi connectivity index (χ0) is 12.8. The number of aryl methyl sites for hydroxylation is 1. The summed E-state index contributed by atoms with van der Waals surface area (Å²) in [5.74, 6) is 0. The number of rotatable bonds is 5. The first-order valence-corrected chi connectivity index (χ1v) is 6.51. The third-order valence-corrected chi connectivity index (χ3v) is 3.28. The van der Waals surface area contributed by atoms with Crippen LogP contribution in [-0.2, 0) is 13.0 Å². The molecule has 1 heterocycles. The molecule has 2 nitrogen and oxygen atoms in total. The molecule has 0 saturated carbocycles. The Hall–Kier alpha value is -1.67. The van der Waals surface area contributed by atoms with Crippen molar-refractivity contribution in [3.63, 3.8) is 0 Å². The molecule has 0 radical (unpaired) electrons. The highest BCUT2D eigenvalue weighted by molar-refractivity contribution is 5.27. The van der Waals surface area contributed by atoms with Gasteiger partial charge in [0.25, 0.3) is 0 Å². The molecule has 2 aromatic rings. The molecule has 0 unspecified atom stereocenters. The molecule has 2 heteroatoms. The molecule has 0 spiro atoms. The van der Waals surface area contributed by atoms with E-state index in [4.69, 9.17) is 0 Å². The zero-order valence-electron chi connectivity index (χ0n) is 11.1. The first kappa shape index (κ1) is 12.8. The Balaban J connectivity index is 1.99. The molecule has 0 aliphatic carbocycles. The lowest BCUT2D eigenvalue weighted by Gasteiger charge is -2.15. The number of aromatic nitrogens is 1. The molecule has 0 fully saturated rings. The van der Waals surface area contributed by atoms with Gasteiger partial charge < -0.3 is 5.32 Å². The van der Waals surface area contributed by atoms with Gasteiger partial charge in [0.15, 0.2) is 0 Å². The fourth-order valence-corrected chi connectivity index (χ4v) is 2.09. The normalized spacial score (nSPS) is 12.3. The van der Waals surface area contributed by atoms with Gasteiger partial charge in [-0.15, -0.1) is 0 Å². The predicted octanol–water partition coefficient (Wildman–Crippen LogP) is 3.49. The van der Waals surface area contributed by atoms with E-state index in [2.05, 4.69) is 54.5 Å². The molecular formula is C16H20N2. The average Bonchev–Trinajstić information content (AvgIpc) is 2.46. The number of benzene rings is 1. The van der Waals surface area contributed by atoms with Crippen LogP contribution >= 0.6 is 0 Å². The number of nitrogens with one attached hydrogen (secondary N) is 1. The van der Waals surface area contributed by atoms with Crippen molar-refractivity contribution in [1.29, 1.82) is 0 Å². The van der Waals surface area contributed by atoms with Crippen molar-refractivity contribution >= 4 is 0 Å². The van der Waals surface area contributed by atoms with Crippen molar-refractivity contribution in [3.8, 4) is 0 Å². The average molecular weight is 240 g/mol. The number of hydrogen-bond acceptors (Lipinski definition) is 2. The summed E-state index contributed by atoms with van der Waals surface area (Å²) in [6, 6.07) is 13.0. The lowest BCUT2D eigenvalue weighted by atomic mass is 10.0. The van der Waals surface area contributed by atoms with E-state index in [1.54, 1.807) is 0 Å². The number of hydrogen-bond donors (Lipinski definition) is 1. The highest BCUT2D eigenvalue weighted by Crippen LogP contribution is 2.13. The fourth-order valence-electron chi connectivity index (χ4n) is 2.09. The molecule has 1 aromatic carbocycles. The van der Waals surface area contributed by atoms with Crippen LogP contribution in [0.4, 0.5) is 0 Å². The van der Waals surface area contributed by atoms with E-state index >= 15 is 0 Å². The van der Waals surface area contributed by atoms with E-state index in [0.717, 1.165) is 13.0 Å². The third-order valence-electron chi connectivity index (χ3n) is 3.28. The van der Waals surface area contributed by atoms with E-state index in [0.29, 0.717) is 6.04 Å². The van der Waals surface area contributed by atoms with Crippen LogP contribution in [0.25, 0.3) is 0 Å². The minimum atomic E-state index is 0.323. The first-order valence-electron chi connectivity index (χ1n) is 6.51. The summed E-state index contributed by atoms with van der Waals surface area (Å²) in [6.07, 6.45) is 4.81. The second kappa shape index (κ2) is 6.31. The lowest BCUT2D eigenvalue weighted by molar-refractivity contribution is 0.571. The van der Waals surface area contributed by atoms with Crippen LogP contribution in [0.2, 0.25) is 0 Å². The minimum absolute atomic E-state index is 0.323. The van der Waals surface area contributed by atoms with Gasteiger partial charge in [-0.3, -0.25) is 4.98 Å². The number of nitrogens with zero attached hydrogens (tertiary/aromatic N) is 1. The second-order valence-electron chi connectivity index (χ2n) is 4.51. The molecule has 18 heavy (non-hydrogen) atoms. The molecular weight excluding hydrogens is 220 g/mol. The van der Waals surface area contributed by atoms with Crippen molar-refractivity contribution in [2.45, 2.75) is 32.9 Å². The smallest absolute Gasteiger partial charge is 0.0315 e. The molecule has 0 aliphatic rings. The maximum Gasteiger partial charge on any atom is 0.0315 e. The van der Waals surface area contributed by atoms with Crippen LogP contribution in [0.15, 0.2) is 48.8 Å². The molecule has 0 bridgehead atoms. The Morgan fingerprint density at radius 3 is 2.56 bits per heavy atom. The van der Waals surface area contributed by atoms with Crippen LogP contribution in [0.1, 0.15) is 36.6 Å². The van der Waals surface area contributed by atoms with Gasteiger partial charge in [0.1, 0.15) is 0 Å². The maximum absolute atomic E-state index is 4.15. The summed E-state index contributed by atoms with van der Waals surface area (Å²) >= 11 is 0. The Morgan fingerprint density at radius 2 is 1.89 bits per heavy atom. The van der Waals surface area contributed by atoms with Crippen molar-refractivity contribution in [2.24, 2.45) is 0 Å². The van der Waals surface area contributed by atoms with Gasteiger partial charge in [-0.1, -0.05) is 37.3 Å². The van der Waals surface area contributed by atoms with E-state index in [9.17, 15) is 0 Å². The van der Waals surface area contributed by atoms with E-state index in [1.807, 2.05) is 18.5 Å². The van der Waals surface area contributed by atoms with Gasteiger partial charge in [-0.05, 0) is 36.1 Å². The summed E-state index contributed by atoms with van der Waals surface area (Å²) < 4.78 is 0. The van der Waals surface area contributed by atoms with Gasteiger partial charge in [-0.25, -0.2) is 0 Å². The molecule has 1 aromatic heterocycles.